The second-order valence-electron chi connectivity index (χ2n) is 4.32. The van der Waals surface area contributed by atoms with Gasteiger partial charge in [-0.1, -0.05) is 0 Å². The van der Waals surface area contributed by atoms with Crippen LogP contribution in [0.3, 0.4) is 0 Å². The van der Waals surface area contributed by atoms with E-state index in [4.69, 9.17) is 20.3 Å². The maximum Gasteiger partial charge on any atom is 0.322 e. The molecular weight excluding hydrogens is 248 g/mol. The normalized spacial score (nSPS) is 11.8. The van der Waals surface area contributed by atoms with E-state index in [-0.39, 0.29) is 6.54 Å². The van der Waals surface area contributed by atoms with Crippen LogP contribution in [0.25, 0.3) is 0 Å². The molecule has 0 aromatic heterocycles. The van der Waals surface area contributed by atoms with Gasteiger partial charge < -0.3 is 25.2 Å². The molecule has 0 saturated carbocycles. The summed E-state index contributed by atoms with van der Waals surface area (Å²) in [6, 6.07) is 2.72. The Bertz CT molecular complexity index is 462. The summed E-state index contributed by atoms with van der Waals surface area (Å²) >= 11 is 0. The van der Waals surface area contributed by atoms with E-state index >= 15 is 0 Å². The third-order valence-electron chi connectivity index (χ3n) is 2.90. The number of methoxy groups -OCH3 is 2. The topological polar surface area (TPSA) is 85.0 Å². The van der Waals surface area contributed by atoms with Gasteiger partial charge in [-0.15, -0.1) is 0 Å². The molecule has 6 heteroatoms. The van der Waals surface area contributed by atoms with Crippen LogP contribution in [0.2, 0.25) is 0 Å². The largest absolute Gasteiger partial charge is 0.493 e. The number of rotatable bonds is 6. The molecule has 1 atom stereocenters. The van der Waals surface area contributed by atoms with Crippen LogP contribution >= 0.6 is 0 Å². The van der Waals surface area contributed by atoms with Crippen LogP contribution in [-0.4, -0.2) is 44.9 Å². The van der Waals surface area contributed by atoms with Crippen LogP contribution in [0, 0.1) is 6.92 Å². The molecule has 19 heavy (non-hydrogen) atoms. The minimum Gasteiger partial charge on any atom is -0.493 e. The highest BCUT2D eigenvalue weighted by Crippen LogP contribution is 2.34. The average molecular weight is 268 g/mol. The molecule has 1 aromatic rings. The Balaban J connectivity index is 3.02. The number of hydrogen-bond donors (Lipinski definition) is 2. The predicted octanol–water partition coefficient (Wildman–Crippen LogP) is 0.860. The zero-order chi connectivity index (χ0) is 14.6. The number of ether oxygens (including phenoxy) is 2. The number of carboxylic acid groups (broad SMARTS) is 1. The van der Waals surface area contributed by atoms with Gasteiger partial charge in [0.1, 0.15) is 6.04 Å². The Morgan fingerprint density at radius 3 is 2.37 bits per heavy atom. The second-order valence-corrected chi connectivity index (χ2v) is 4.32. The minimum atomic E-state index is -1.02. The van der Waals surface area contributed by atoms with Crippen molar-refractivity contribution >= 4 is 11.7 Å². The zero-order valence-electron chi connectivity index (χ0n) is 11.6. The lowest BCUT2D eigenvalue weighted by Gasteiger charge is -2.24. The lowest BCUT2D eigenvalue weighted by Crippen LogP contribution is -2.41. The first kappa shape index (κ1) is 15.1. The van der Waals surface area contributed by atoms with E-state index in [1.165, 1.54) is 0 Å². The standard InChI is InChI=1S/C13H20N2O4/c1-8-5-11(18-3)12(19-4)6-10(8)15(2)7-9(14)13(16)17/h5-6,9H,7,14H2,1-4H3,(H,16,17). The summed E-state index contributed by atoms with van der Waals surface area (Å²) < 4.78 is 10.4. The van der Waals surface area contributed by atoms with Gasteiger partial charge in [-0.25, -0.2) is 0 Å². The Kier molecular flexibility index (Phi) is 5.00. The number of likely N-dealkylation sites (N-methyl/N-ethyl adjacent to an activating group) is 1. The highest BCUT2D eigenvalue weighted by atomic mass is 16.5. The van der Waals surface area contributed by atoms with E-state index in [0.29, 0.717) is 11.5 Å². The Morgan fingerprint density at radius 2 is 1.89 bits per heavy atom. The molecule has 3 N–H and O–H groups in total. The molecule has 1 rings (SSSR count). The van der Waals surface area contributed by atoms with Gasteiger partial charge in [-0.05, 0) is 18.6 Å². The average Bonchev–Trinajstić information content (AvgIpc) is 2.37. The van der Waals surface area contributed by atoms with E-state index in [0.717, 1.165) is 11.3 Å². The molecule has 0 aliphatic heterocycles. The smallest absolute Gasteiger partial charge is 0.322 e. The van der Waals surface area contributed by atoms with Crippen LogP contribution in [0.1, 0.15) is 5.56 Å². The van der Waals surface area contributed by atoms with Crippen molar-refractivity contribution in [2.24, 2.45) is 5.73 Å². The van der Waals surface area contributed by atoms with Crippen LogP contribution in [0.5, 0.6) is 11.5 Å². The maximum absolute atomic E-state index is 10.8. The van der Waals surface area contributed by atoms with Gasteiger partial charge in [0.2, 0.25) is 0 Å². The summed E-state index contributed by atoms with van der Waals surface area (Å²) in [4.78, 5) is 12.6. The van der Waals surface area contributed by atoms with E-state index in [9.17, 15) is 4.79 Å². The first-order chi connectivity index (χ1) is 8.90. The van der Waals surface area contributed by atoms with Crippen LogP contribution < -0.4 is 20.1 Å². The highest BCUT2D eigenvalue weighted by molar-refractivity contribution is 5.74. The van der Waals surface area contributed by atoms with Crippen molar-refractivity contribution in [3.63, 3.8) is 0 Å². The third-order valence-corrected chi connectivity index (χ3v) is 2.90. The fourth-order valence-corrected chi connectivity index (χ4v) is 1.85. The van der Waals surface area contributed by atoms with Crippen LogP contribution in [0.4, 0.5) is 5.69 Å². The summed E-state index contributed by atoms with van der Waals surface area (Å²) in [5, 5.41) is 8.83. The lowest BCUT2D eigenvalue weighted by atomic mass is 10.1. The van der Waals surface area contributed by atoms with Gasteiger partial charge in [0, 0.05) is 25.3 Å². The number of aliphatic carboxylic acids is 1. The van der Waals surface area contributed by atoms with Crippen molar-refractivity contribution in [2.75, 3.05) is 32.7 Å². The van der Waals surface area contributed by atoms with E-state index in [2.05, 4.69) is 0 Å². The van der Waals surface area contributed by atoms with Crippen molar-refractivity contribution in [3.8, 4) is 11.5 Å². The second kappa shape index (κ2) is 6.29. The summed E-state index contributed by atoms with van der Waals surface area (Å²) in [6.45, 7) is 2.13. The van der Waals surface area contributed by atoms with E-state index < -0.39 is 12.0 Å². The predicted molar refractivity (Wildman–Crippen MR) is 73.2 cm³/mol. The molecule has 0 aliphatic carbocycles. The van der Waals surface area contributed by atoms with Crippen molar-refractivity contribution in [1.82, 2.24) is 0 Å². The molecule has 6 nitrogen and oxygen atoms in total. The molecular formula is C13H20N2O4. The van der Waals surface area contributed by atoms with Gasteiger partial charge in [-0.2, -0.15) is 0 Å². The summed E-state index contributed by atoms with van der Waals surface area (Å²) in [5.74, 6) is 0.212. The Labute approximate surface area is 112 Å². The number of carboxylic acids is 1. The summed E-state index contributed by atoms with van der Waals surface area (Å²) in [7, 11) is 4.91. The molecule has 0 spiro atoms. The summed E-state index contributed by atoms with van der Waals surface area (Å²) in [5.41, 5.74) is 7.35. The Morgan fingerprint density at radius 1 is 1.37 bits per heavy atom. The van der Waals surface area contributed by atoms with Crippen LogP contribution in [-0.2, 0) is 4.79 Å². The van der Waals surface area contributed by atoms with E-state index in [1.807, 2.05) is 19.1 Å². The SMILES string of the molecule is COc1cc(C)c(N(C)CC(N)C(=O)O)cc1OC. The molecule has 0 heterocycles. The fraction of sp³-hybridized carbons (Fsp3) is 0.462. The van der Waals surface area contributed by atoms with Crippen molar-refractivity contribution < 1.29 is 19.4 Å². The minimum absolute atomic E-state index is 0.214. The molecule has 0 aliphatic rings. The molecule has 1 aromatic carbocycles. The number of benzene rings is 1. The molecule has 1 unspecified atom stereocenters. The van der Waals surface area contributed by atoms with Gasteiger partial charge in [0.15, 0.2) is 11.5 Å². The number of hydrogen-bond acceptors (Lipinski definition) is 5. The van der Waals surface area contributed by atoms with E-state index in [1.54, 1.807) is 26.2 Å². The number of carbonyl (C=O) groups is 1. The molecule has 0 radical (unpaired) electrons. The first-order valence-corrected chi connectivity index (χ1v) is 5.82. The van der Waals surface area contributed by atoms with Crippen molar-refractivity contribution in [2.45, 2.75) is 13.0 Å². The fourth-order valence-electron chi connectivity index (χ4n) is 1.85. The number of aryl methyl sites for hydroxylation is 1. The monoisotopic (exact) mass is 268 g/mol. The number of nitrogens with zero attached hydrogens (tertiary/aromatic N) is 1. The molecule has 0 saturated heterocycles. The maximum atomic E-state index is 10.8. The van der Waals surface area contributed by atoms with Gasteiger partial charge in [0.05, 0.1) is 14.2 Å². The lowest BCUT2D eigenvalue weighted by molar-refractivity contribution is -0.138. The van der Waals surface area contributed by atoms with Gasteiger partial charge in [0.25, 0.3) is 0 Å². The molecule has 0 bridgehead atoms. The van der Waals surface area contributed by atoms with Gasteiger partial charge in [-0.3, -0.25) is 4.79 Å². The number of anilines is 1. The quantitative estimate of drug-likeness (QED) is 0.796. The highest BCUT2D eigenvalue weighted by Gasteiger charge is 2.17. The Hall–Kier alpha value is -1.95. The third kappa shape index (κ3) is 3.51. The van der Waals surface area contributed by atoms with Gasteiger partial charge >= 0.3 is 5.97 Å². The van der Waals surface area contributed by atoms with Crippen molar-refractivity contribution in [3.05, 3.63) is 17.7 Å². The molecule has 0 fully saturated rings. The van der Waals surface area contributed by atoms with Crippen molar-refractivity contribution in [1.29, 1.82) is 0 Å². The molecule has 106 valence electrons. The summed E-state index contributed by atoms with van der Waals surface area (Å²) in [6.07, 6.45) is 0. The zero-order valence-corrected chi connectivity index (χ0v) is 11.6. The molecule has 0 amide bonds. The first-order valence-electron chi connectivity index (χ1n) is 5.82. The van der Waals surface area contributed by atoms with Crippen LogP contribution in [0.15, 0.2) is 12.1 Å². The number of nitrogens with two attached hydrogens (primary N) is 1.